The van der Waals surface area contributed by atoms with Crippen LogP contribution < -0.4 is 4.74 Å². The van der Waals surface area contributed by atoms with Gasteiger partial charge in [-0.2, -0.15) is 0 Å². The van der Waals surface area contributed by atoms with Gasteiger partial charge in [0.05, 0.1) is 12.1 Å². The molecule has 0 bridgehead atoms. The van der Waals surface area contributed by atoms with Gasteiger partial charge in [-0.25, -0.2) is 14.4 Å². The molecule has 0 N–H and O–H groups in total. The lowest BCUT2D eigenvalue weighted by atomic mass is 10.1. The van der Waals surface area contributed by atoms with Gasteiger partial charge in [-0.3, -0.25) is 4.79 Å². The van der Waals surface area contributed by atoms with Crippen molar-refractivity contribution < 1.29 is 13.9 Å². The van der Waals surface area contributed by atoms with Crippen molar-refractivity contribution in [3.05, 3.63) is 52.7 Å². The average Bonchev–Trinajstić information content (AvgIpc) is 2.38. The van der Waals surface area contributed by atoms with Gasteiger partial charge >= 0.3 is 0 Å². The summed E-state index contributed by atoms with van der Waals surface area (Å²) in [6, 6.07) is 3.52. The monoisotopic (exact) mass is 266 g/mol. The molecule has 0 unspecified atom stereocenters. The van der Waals surface area contributed by atoms with Crippen LogP contribution in [0.3, 0.4) is 0 Å². The first kappa shape index (κ1) is 12.4. The zero-order valence-electron chi connectivity index (χ0n) is 9.35. The van der Waals surface area contributed by atoms with E-state index in [2.05, 4.69) is 9.97 Å². The van der Waals surface area contributed by atoms with Gasteiger partial charge in [0.15, 0.2) is 5.69 Å². The molecule has 0 aliphatic rings. The standard InChI is InChI=1S/C12H8ClFN2O2/c1-18-12-10(15-4-5-16-12)11(17)8-3-2-7(14)6-9(8)13/h2-6H,1H3. The van der Waals surface area contributed by atoms with Crippen LogP contribution in [0.15, 0.2) is 30.6 Å². The molecule has 92 valence electrons. The maximum absolute atomic E-state index is 12.9. The minimum atomic E-state index is -0.511. The summed E-state index contributed by atoms with van der Waals surface area (Å²) in [5, 5.41) is 0.0210. The zero-order valence-corrected chi connectivity index (χ0v) is 10.1. The molecule has 2 aromatic rings. The lowest BCUT2D eigenvalue weighted by Crippen LogP contribution is -2.08. The van der Waals surface area contributed by atoms with E-state index in [1.165, 1.54) is 25.6 Å². The largest absolute Gasteiger partial charge is 0.479 e. The topological polar surface area (TPSA) is 52.1 Å². The Morgan fingerprint density at radius 2 is 2.06 bits per heavy atom. The van der Waals surface area contributed by atoms with Crippen LogP contribution in [0, 0.1) is 5.82 Å². The number of ketones is 1. The van der Waals surface area contributed by atoms with E-state index in [0.29, 0.717) is 0 Å². The fourth-order valence-electron chi connectivity index (χ4n) is 1.43. The Hall–Kier alpha value is -2.01. The molecule has 6 heteroatoms. The SMILES string of the molecule is COc1nccnc1C(=O)c1ccc(F)cc1Cl. The van der Waals surface area contributed by atoms with Crippen LogP contribution in [-0.2, 0) is 0 Å². The lowest BCUT2D eigenvalue weighted by molar-refractivity contribution is 0.103. The van der Waals surface area contributed by atoms with E-state index in [-0.39, 0.29) is 22.2 Å². The Morgan fingerprint density at radius 3 is 2.72 bits per heavy atom. The third kappa shape index (κ3) is 2.31. The van der Waals surface area contributed by atoms with Crippen LogP contribution in [0.25, 0.3) is 0 Å². The molecule has 0 saturated carbocycles. The second-order valence-electron chi connectivity index (χ2n) is 3.37. The van der Waals surface area contributed by atoms with E-state index >= 15 is 0 Å². The maximum Gasteiger partial charge on any atom is 0.243 e. The molecule has 0 spiro atoms. The Morgan fingerprint density at radius 1 is 1.33 bits per heavy atom. The van der Waals surface area contributed by atoms with Gasteiger partial charge in [-0.1, -0.05) is 11.6 Å². The first-order valence-electron chi connectivity index (χ1n) is 4.98. The quantitative estimate of drug-likeness (QED) is 0.801. The minimum absolute atomic E-state index is 0.0210. The number of hydrogen-bond donors (Lipinski definition) is 0. The molecule has 18 heavy (non-hydrogen) atoms. The highest BCUT2D eigenvalue weighted by Crippen LogP contribution is 2.22. The molecular weight excluding hydrogens is 259 g/mol. The van der Waals surface area contributed by atoms with Crippen LogP contribution >= 0.6 is 11.6 Å². The van der Waals surface area contributed by atoms with Crippen molar-refractivity contribution in [2.75, 3.05) is 7.11 Å². The van der Waals surface area contributed by atoms with Crippen LogP contribution in [0.1, 0.15) is 16.1 Å². The van der Waals surface area contributed by atoms with E-state index in [9.17, 15) is 9.18 Å². The number of nitrogens with zero attached hydrogens (tertiary/aromatic N) is 2. The number of halogens is 2. The highest BCUT2D eigenvalue weighted by atomic mass is 35.5. The smallest absolute Gasteiger partial charge is 0.243 e. The van der Waals surface area contributed by atoms with E-state index < -0.39 is 11.6 Å². The first-order valence-corrected chi connectivity index (χ1v) is 5.36. The van der Waals surface area contributed by atoms with Crippen molar-refractivity contribution in [1.29, 1.82) is 0 Å². The molecule has 0 atom stereocenters. The Balaban J connectivity index is 2.48. The number of rotatable bonds is 3. The van der Waals surface area contributed by atoms with Gasteiger partial charge in [0.2, 0.25) is 11.7 Å². The normalized spacial score (nSPS) is 10.2. The van der Waals surface area contributed by atoms with E-state index in [1.54, 1.807) is 0 Å². The molecular formula is C12H8ClFN2O2. The number of hydrogen-bond acceptors (Lipinski definition) is 4. The zero-order chi connectivity index (χ0) is 13.1. The molecule has 1 aromatic carbocycles. The molecule has 0 aliphatic heterocycles. The predicted octanol–water partition coefficient (Wildman–Crippen LogP) is 2.51. The lowest BCUT2D eigenvalue weighted by Gasteiger charge is -2.06. The summed E-state index contributed by atoms with van der Waals surface area (Å²) in [7, 11) is 1.38. The van der Waals surface area contributed by atoms with Gasteiger partial charge in [-0.15, -0.1) is 0 Å². The van der Waals surface area contributed by atoms with Crippen LogP contribution in [0.4, 0.5) is 4.39 Å². The Kier molecular flexibility index (Phi) is 3.53. The van der Waals surface area contributed by atoms with Crippen molar-refractivity contribution in [3.63, 3.8) is 0 Å². The first-order chi connectivity index (χ1) is 8.63. The number of methoxy groups -OCH3 is 1. The second kappa shape index (κ2) is 5.10. The highest BCUT2D eigenvalue weighted by molar-refractivity contribution is 6.35. The summed E-state index contributed by atoms with van der Waals surface area (Å²) in [5.41, 5.74) is 0.186. The number of carbonyl (C=O) groups is 1. The van der Waals surface area contributed by atoms with Crippen molar-refractivity contribution in [2.45, 2.75) is 0 Å². The number of ether oxygens (including phenoxy) is 1. The van der Waals surface area contributed by atoms with Gasteiger partial charge in [-0.05, 0) is 18.2 Å². The minimum Gasteiger partial charge on any atom is -0.479 e. The van der Waals surface area contributed by atoms with Crippen LogP contribution in [0.2, 0.25) is 5.02 Å². The predicted molar refractivity (Wildman–Crippen MR) is 63.4 cm³/mol. The summed E-state index contributed by atoms with van der Waals surface area (Å²) in [5.74, 6) is -0.879. The third-order valence-electron chi connectivity index (χ3n) is 2.25. The van der Waals surface area contributed by atoms with E-state index in [1.807, 2.05) is 0 Å². The molecule has 1 aromatic heterocycles. The van der Waals surface area contributed by atoms with Crippen molar-refractivity contribution in [3.8, 4) is 5.88 Å². The molecule has 0 radical (unpaired) electrons. The molecule has 1 heterocycles. The van der Waals surface area contributed by atoms with E-state index in [0.717, 1.165) is 12.1 Å². The molecule has 4 nitrogen and oxygen atoms in total. The second-order valence-corrected chi connectivity index (χ2v) is 3.77. The highest BCUT2D eigenvalue weighted by Gasteiger charge is 2.19. The summed E-state index contributed by atoms with van der Waals surface area (Å²) < 4.78 is 17.9. The van der Waals surface area contributed by atoms with Crippen LogP contribution in [-0.4, -0.2) is 22.9 Å². The fraction of sp³-hybridized carbons (Fsp3) is 0.0833. The molecule has 0 fully saturated rings. The average molecular weight is 267 g/mol. The van der Waals surface area contributed by atoms with Crippen molar-refractivity contribution in [2.24, 2.45) is 0 Å². The fourth-order valence-corrected chi connectivity index (χ4v) is 1.68. The Bertz CT molecular complexity index is 604. The molecule has 2 rings (SSSR count). The van der Waals surface area contributed by atoms with Gasteiger partial charge in [0.1, 0.15) is 5.82 Å². The summed E-state index contributed by atoms with van der Waals surface area (Å²) >= 11 is 5.82. The number of benzene rings is 1. The Labute approximate surface area is 107 Å². The van der Waals surface area contributed by atoms with Gasteiger partial charge < -0.3 is 4.74 Å². The third-order valence-corrected chi connectivity index (χ3v) is 2.56. The van der Waals surface area contributed by atoms with Crippen LogP contribution in [0.5, 0.6) is 5.88 Å². The van der Waals surface area contributed by atoms with Gasteiger partial charge in [0, 0.05) is 18.0 Å². The summed E-state index contributed by atoms with van der Waals surface area (Å²) in [4.78, 5) is 19.9. The van der Waals surface area contributed by atoms with Crippen molar-refractivity contribution in [1.82, 2.24) is 9.97 Å². The summed E-state index contributed by atoms with van der Waals surface area (Å²) in [6.07, 6.45) is 2.77. The van der Waals surface area contributed by atoms with E-state index in [4.69, 9.17) is 16.3 Å². The number of carbonyl (C=O) groups excluding carboxylic acids is 1. The maximum atomic E-state index is 12.9. The molecule has 0 aliphatic carbocycles. The number of aromatic nitrogens is 2. The van der Waals surface area contributed by atoms with Crippen molar-refractivity contribution >= 4 is 17.4 Å². The molecule has 0 saturated heterocycles. The van der Waals surface area contributed by atoms with Gasteiger partial charge in [0.25, 0.3) is 0 Å². The molecule has 0 amide bonds. The summed E-state index contributed by atoms with van der Waals surface area (Å²) in [6.45, 7) is 0.